The molecule has 0 spiro atoms. The van der Waals surface area contributed by atoms with Crippen molar-refractivity contribution in [2.75, 3.05) is 13.1 Å². The van der Waals surface area contributed by atoms with E-state index in [-0.39, 0.29) is 11.9 Å². The molecule has 0 saturated carbocycles. The van der Waals surface area contributed by atoms with Crippen LogP contribution >= 0.6 is 11.3 Å². The van der Waals surface area contributed by atoms with Gasteiger partial charge in [0.05, 0.1) is 4.88 Å². The molecule has 1 aromatic carbocycles. The molecule has 2 N–H and O–H groups in total. The van der Waals surface area contributed by atoms with Gasteiger partial charge in [0.2, 0.25) is 0 Å². The average molecular weight is 300 g/mol. The Labute approximate surface area is 129 Å². The molecule has 3 rings (SSSR count). The third-order valence-electron chi connectivity index (χ3n) is 3.97. The summed E-state index contributed by atoms with van der Waals surface area (Å²) in [4.78, 5) is 15.5. The molecule has 0 aliphatic carbocycles. The van der Waals surface area contributed by atoms with Crippen LogP contribution < -0.4 is 5.73 Å². The van der Waals surface area contributed by atoms with Gasteiger partial charge in [-0.1, -0.05) is 29.8 Å². The van der Waals surface area contributed by atoms with Crippen LogP contribution in [0.1, 0.15) is 28.1 Å². The third-order valence-corrected chi connectivity index (χ3v) is 4.87. The molecule has 1 aliphatic rings. The van der Waals surface area contributed by atoms with E-state index in [1.165, 1.54) is 16.9 Å². The third kappa shape index (κ3) is 3.01. The van der Waals surface area contributed by atoms with Crippen molar-refractivity contribution in [3.63, 3.8) is 0 Å². The number of nitrogens with two attached hydrogens (primary N) is 1. The van der Waals surface area contributed by atoms with Crippen molar-refractivity contribution in [3.8, 4) is 11.1 Å². The van der Waals surface area contributed by atoms with Gasteiger partial charge in [-0.25, -0.2) is 0 Å². The van der Waals surface area contributed by atoms with Crippen LogP contribution in [-0.4, -0.2) is 29.9 Å². The number of rotatable bonds is 2. The summed E-state index contributed by atoms with van der Waals surface area (Å²) in [6, 6.07) is 10.5. The first-order chi connectivity index (χ1) is 10.1. The van der Waals surface area contributed by atoms with E-state index in [4.69, 9.17) is 5.73 Å². The minimum atomic E-state index is 0.116. The second kappa shape index (κ2) is 6.00. The Morgan fingerprint density at radius 1 is 1.29 bits per heavy atom. The van der Waals surface area contributed by atoms with Crippen molar-refractivity contribution in [3.05, 3.63) is 46.2 Å². The second-order valence-electron chi connectivity index (χ2n) is 5.68. The maximum atomic E-state index is 12.7. The summed E-state index contributed by atoms with van der Waals surface area (Å²) in [5.74, 6) is 0.121. The fourth-order valence-corrected chi connectivity index (χ4v) is 3.66. The highest BCUT2D eigenvalue weighted by Crippen LogP contribution is 2.30. The number of carbonyl (C=O) groups excluding carboxylic acids is 1. The van der Waals surface area contributed by atoms with Crippen LogP contribution in [0.2, 0.25) is 0 Å². The van der Waals surface area contributed by atoms with Crippen molar-refractivity contribution in [2.24, 2.45) is 5.73 Å². The smallest absolute Gasteiger partial charge is 0.264 e. The summed E-state index contributed by atoms with van der Waals surface area (Å²) < 4.78 is 0. The number of likely N-dealkylation sites (tertiary alicyclic amines) is 1. The van der Waals surface area contributed by atoms with Gasteiger partial charge in [0.1, 0.15) is 0 Å². The predicted molar refractivity (Wildman–Crippen MR) is 87.6 cm³/mol. The van der Waals surface area contributed by atoms with Crippen LogP contribution in [0.25, 0.3) is 11.1 Å². The van der Waals surface area contributed by atoms with Crippen LogP contribution in [0.5, 0.6) is 0 Å². The highest BCUT2D eigenvalue weighted by molar-refractivity contribution is 7.12. The van der Waals surface area contributed by atoms with Gasteiger partial charge in [-0.2, -0.15) is 0 Å². The van der Waals surface area contributed by atoms with E-state index >= 15 is 0 Å². The van der Waals surface area contributed by atoms with E-state index < -0.39 is 0 Å². The average Bonchev–Trinajstić information content (AvgIpc) is 2.96. The van der Waals surface area contributed by atoms with Crippen LogP contribution in [0.15, 0.2) is 35.7 Å². The van der Waals surface area contributed by atoms with Gasteiger partial charge in [0, 0.05) is 24.7 Å². The first-order valence-electron chi connectivity index (χ1n) is 7.34. The fraction of sp³-hybridized carbons (Fsp3) is 0.353. The number of piperidine rings is 1. The predicted octanol–water partition coefficient (Wildman–Crippen LogP) is 3.29. The Balaban J connectivity index is 1.88. The van der Waals surface area contributed by atoms with Crippen molar-refractivity contribution in [1.82, 2.24) is 4.90 Å². The molecule has 1 aliphatic heterocycles. The summed E-state index contributed by atoms with van der Waals surface area (Å²) in [5, 5.41) is 1.99. The van der Waals surface area contributed by atoms with E-state index in [9.17, 15) is 4.79 Å². The Bertz CT molecular complexity index is 632. The number of aryl methyl sites for hydroxylation is 1. The summed E-state index contributed by atoms with van der Waals surface area (Å²) in [5.41, 5.74) is 9.35. The van der Waals surface area contributed by atoms with Crippen LogP contribution in [0.4, 0.5) is 0 Å². The van der Waals surface area contributed by atoms with E-state index in [0.717, 1.165) is 35.4 Å². The fourth-order valence-electron chi connectivity index (χ4n) is 2.77. The molecule has 1 aromatic heterocycles. The molecule has 0 bridgehead atoms. The molecule has 21 heavy (non-hydrogen) atoms. The monoisotopic (exact) mass is 300 g/mol. The highest BCUT2D eigenvalue weighted by Gasteiger charge is 2.25. The zero-order valence-electron chi connectivity index (χ0n) is 12.2. The minimum Gasteiger partial charge on any atom is -0.336 e. The molecule has 1 amide bonds. The lowest BCUT2D eigenvalue weighted by atomic mass is 10.0. The summed E-state index contributed by atoms with van der Waals surface area (Å²) >= 11 is 1.52. The zero-order valence-corrected chi connectivity index (χ0v) is 13.0. The van der Waals surface area contributed by atoms with Crippen molar-refractivity contribution in [2.45, 2.75) is 25.8 Å². The molecular formula is C17H20N2OS. The summed E-state index contributed by atoms with van der Waals surface area (Å²) in [6.45, 7) is 3.56. The van der Waals surface area contributed by atoms with Crippen molar-refractivity contribution >= 4 is 17.2 Å². The lowest BCUT2D eigenvalue weighted by molar-refractivity contribution is 0.0714. The lowest BCUT2D eigenvalue weighted by Crippen LogP contribution is -2.45. The van der Waals surface area contributed by atoms with E-state index in [1.807, 2.05) is 16.3 Å². The molecule has 2 heterocycles. The summed E-state index contributed by atoms with van der Waals surface area (Å²) in [6.07, 6.45) is 2.01. The zero-order chi connectivity index (χ0) is 14.8. The molecule has 1 fully saturated rings. The van der Waals surface area contributed by atoms with Gasteiger partial charge in [-0.05, 0) is 36.8 Å². The van der Waals surface area contributed by atoms with Crippen molar-refractivity contribution < 1.29 is 4.79 Å². The Hall–Kier alpha value is -1.65. The van der Waals surface area contributed by atoms with Crippen LogP contribution in [-0.2, 0) is 0 Å². The molecule has 1 atom stereocenters. The molecule has 0 radical (unpaired) electrons. The van der Waals surface area contributed by atoms with Crippen LogP contribution in [0, 0.1) is 6.92 Å². The maximum absolute atomic E-state index is 12.7. The highest BCUT2D eigenvalue weighted by atomic mass is 32.1. The number of thiophene rings is 1. The molecule has 1 unspecified atom stereocenters. The number of carbonyl (C=O) groups is 1. The topological polar surface area (TPSA) is 46.3 Å². The van der Waals surface area contributed by atoms with Gasteiger partial charge in [0.25, 0.3) is 5.91 Å². The Morgan fingerprint density at radius 2 is 2.05 bits per heavy atom. The number of amides is 1. The molecular weight excluding hydrogens is 280 g/mol. The quantitative estimate of drug-likeness (QED) is 0.925. The molecule has 3 nitrogen and oxygen atoms in total. The molecule has 1 saturated heterocycles. The van der Waals surface area contributed by atoms with E-state index in [0.29, 0.717) is 6.54 Å². The Morgan fingerprint density at radius 3 is 2.76 bits per heavy atom. The van der Waals surface area contributed by atoms with Crippen molar-refractivity contribution in [1.29, 1.82) is 0 Å². The molecule has 110 valence electrons. The van der Waals surface area contributed by atoms with Crippen LogP contribution in [0.3, 0.4) is 0 Å². The molecule has 2 aromatic rings. The maximum Gasteiger partial charge on any atom is 0.264 e. The number of hydrogen-bond donors (Lipinski definition) is 1. The number of hydrogen-bond acceptors (Lipinski definition) is 3. The number of nitrogens with zero attached hydrogens (tertiary/aromatic N) is 1. The van der Waals surface area contributed by atoms with Gasteiger partial charge in [-0.3, -0.25) is 4.79 Å². The lowest BCUT2D eigenvalue weighted by Gasteiger charge is -2.30. The SMILES string of the molecule is Cc1ccc(-c2ccsc2C(=O)N2CCCC(N)C2)cc1. The summed E-state index contributed by atoms with van der Waals surface area (Å²) in [7, 11) is 0. The molecule has 4 heteroatoms. The van der Waals surface area contributed by atoms with E-state index in [2.05, 4.69) is 31.2 Å². The first-order valence-corrected chi connectivity index (χ1v) is 8.22. The first kappa shape index (κ1) is 14.3. The minimum absolute atomic E-state index is 0.116. The standard InChI is InChI=1S/C17H20N2OS/c1-12-4-6-13(7-5-12)15-8-10-21-16(15)17(20)19-9-2-3-14(18)11-19/h4-8,10,14H,2-3,9,11,18H2,1H3. The van der Waals surface area contributed by atoms with Gasteiger partial charge < -0.3 is 10.6 Å². The second-order valence-corrected chi connectivity index (χ2v) is 6.60. The van der Waals surface area contributed by atoms with Gasteiger partial charge in [-0.15, -0.1) is 11.3 Å². The largest absolute Gasteiger partial charge is 0.336 e. The number of benzene rings is 1. The van der Waals surface area contributed by atoms with E-state index in [1.54, 1.807) is 0 Å². The van der Waals surface area contributed by atoms with Gasteiger partial charge in [0.15, 0.2) is 0 Å². The normalized spacial score (nSPS) is 18.8. The Kier molecular flexibility index (Phi) is 4.08. The van der Waals surface area contributed by atoms with Gasteiger partial charge >= 0.3 is 0 Å².